The van der Waals surface area contributed by atoms with Gasteiger partial charge >= 0.3 is 7.82 Å². The molecule has 3 heterocycles. The molecule has 1 aromatic heterocycles. The number of phosphoric ester groups is 1. The van der Waals surface area contributed by atoms with Gasteiger partial charge in [0, 0.05) is 17.7 Å². The molecular formula is C30H37N8O11P. The summed E-state index contributed by atoms with van der Waals surface area (Å²) in [5, 5.41) is 32.7. The van der Waals surface area contributed by atoms with Crippen molar-refractivity contribution in [2.45, 2.75) is 69.5 Å². The Hall–Kier alpha value is -4.75. The molecule has 19 nitrogen and oxygen atoms in total. The lowest BCUT2D eigenvalue weighted by Crippen LogP contribution is -2.54. The molecule has 2 aliphatic heterocycles. The van der Waals surface area contributed by atoms with E-state index in [0.717, 1.165) is 16.6 Å². The highest BCUT2D eigenvalue weighted by Gasteiger charge is 2.46. The van der Waals surface area contributed by atoms with Gasteiger partial charge in [-0.15, -0.1) is 5.10 Å². The summed E-state index contributed by atoms with van der Waals surface area (Å²) in [6.45, 7) is 2.19. The molecule has 0 saturated carbocycles. The Labute approximate surface area is 285 Å². The molecule has 2 aromatic carbocycles. The number of fused-ring (bicyclic) bond motifs is 1. The van der Waals surface area contributed by atoms with Crippen molar-refractivity contribution in [2.75, 3.05) is 11.9 Å². The van der Waals surface area contributed by atoms with Gasteiger partial charge < -0.3 is 46.9 Å². The molecule has 2 aliphatic rings. The summed E-state index contributed by atoms with van der Waals surface area (Å²) in [7, 11) is -4.23. The molecule has 0 spiro atoms. The third kappa shape index (κ3) is 8.69. The number of carbonyl (C=O) groups excluding carboxylic acids is 4. The number of aliphatic hydroxyl groups is 2. The average molecular weight is 717 g/mol. The van der Waals surface area contributed by atoms with Crippen molar-refractivity contribution in [3.63, 3.8) is 0 Å². The van der Waals surface area contributed by atoms with Crippen LogP contribution in [0.1, 0.15) is 41.8 Å². The fourth-order valence-electron chi connectivity index (χ4n) is 4.97. The average Bonchev–Trinajstić information content (AvgIpc) is 3.68. The number of hydrogen-bond donors (Lipinski definition) is 7. The van der Waals surface area contributed by atoms with Crippen LogP contribution in [-0.2, 0) is 45.8 Å². The van der Waals surface area contributed by atoms with Crippen LogP contribution in [-0.4, -0.2) is 91.7 Å². The molecule has 1 saturated heterocycles. The predicted molar refractivity (Wildman–Crippen MR) is 172 cm³/mol. The lowest BCUT2D eigenvalue weighted by Gasteiger charge is -2.26. The minimum Gasteiger partial charge on any atom is -0.404 e. The van der Waals surface area contributed by atoms with Crippen LogP contribution in [0.2, 0.25) is 0 Å². The number of nitrogens with one attached hydrogen (secondary N) is 3. The smallest absolute Gasteiger partial charge is 0.404 e. The molecule has 9 N–H and O–H groups in total. The van der Waals surface area contributed by atoms with Crippen LogP contribution >= 0.6 is 7.82 Å². The number of nitrogens with zero attached hydrogens (tertiary/aromatic N) is 3. The molecule has 20 heteroatoms. The van der Waals surface area contributed by atoms with Gasteiger partial charge in [0.2, 0.25) is 23.5 Å². The van der Waals surface area contributed by atoms with Crippen LogP contribution in [0.4, 0.5) is 5.69 Å². The molecule has 0 aliphatic carbocycles. The van der Waals surface area contributed by atoms with E-state index in [0.29, 0.717) is 11.3 Å². The van der Waals surface area contributed by atoms with Crippen LogP contribution in [0.25, 0.3) is 0 Å². The van der Waals surface area contributed by atoms with Crippen LogP contribution in [0.3, 0.4) is 0 Å². The van der Waals surface area contributed by atoms with E-state index < -0.39 is 80.7 Å². The third-order valence-electron chi connectivity index (χ3n) is 7.72. The third-order valence-corrected chi connectivity index (χ3v) is 9.05. The number of phosphoric acid groups is 1. The maximum absolute atomic E-state index is 13.4. The lowest BCUT2D eigenvalue weighted by atomic mass is 10.0. The van der Waals surface area contributed by atoms with Gasteiger partial charge in [0.1, 0.15) is 42.5 Å². The minimum absolute atomic E-state index is 0.137. The highest BCUT2D eigenvalue weighted by Crippen LogP contribution is 2.55. The zero-order valence-corrected chi connectivity index (χ0v) is 27.8. The SMILES string of the molecule is CC(N)C(=O)NC(C)C(=O)NC(Cc1ccccc1)C(=O)Nc1ccc2c(c1)COP(=O)(OCC1OC(n3cnc(C(N)=O)n3)C(O)C1O)O2. The number of hydrogen-bond acceptors (Lipinski definition) is 14. The number of carbonyl (C=O) groups is 4. The summed E-state index contributed by atoms with van der Waals surface area (Å²) in [6.07, 6.45) is -4.19. The summed E-state index contributed by atoms with van der Waals surface area (Å²) in [4.78, 5) is 53.3. The van der Waals surface area contributed by atoms with Gasteiger partial charge in [-0.2, -0.15) is 0 Å². The quantitative estimate of drug-likeness (QED) is 0.107. The summed E-state index contributed by atoms with van der Waals surface area (Å²) in [5.74, 6) is -2.74. The van der Waals surface area contributed by atoms with Crippen molar-refractivity contribution >= 4 is 37.1 Å². The lowest BCUT2D eigenvalue weighted by molar-refractivity contribution is -0.130. The summed E-state index contributed by atoms with van der Waals surface area (Å²) < 4.78 is 36.2. The van der Waals surface area contributed by atoms with Crippen molar-refractivity contribution in [1.29, 1.82) is 0 Å². The number of anilines is 1. The molecule has 3 aromatic rings. The number of primary amides is 1. The van der Waals surface area contributed by atoms with E-state index in [4.69, 9.17) is 29.8 Å². The van der Waals surface area contributed by atoms with Crippen LogP contribution < -0.4 is 31.9 Å². The molecule has 268 valence electrons. The standard InChI is InChI=1S/C30H37N8O11P/c1-15(31)27(42)34-16(2)28(43)36-20(10-17-6-4-3-5-7-17)29(44)35-19-8-9-21-18(11-19)12-46-50(45,49-21)47-13-22-23(39)24(40)30(48-22)38-14-33-26(37-38)25(32)41/h3-9,11,14-16,20,22-24,30,39-40H,10,12-13,31H2,1-2H3,(H2,32,41)(H,34,42)(H,35,44)(H,36,43). The monoisotopic (exact) mass is 716 g/mol. The molecule has 0 radical (unpaired) electrons. The van der Waals surface area contributed by atoms with Gasteiger partial charge in [0.15, 0.2) is 6.23 Å². The summed E-state index contributed by atoms with van der Waals surface area (Å²) >= 11 is 0. The Kier molecular flexibility index (Phi) is 11.3. The first-order chi connectivity index (χ1) is 23.7. The number of aromatic nitrogens is 3. The maximum atomic E-state index is 13.4. The van der Waals surface area contributed by atoms with Crippen molar-refractivity contribution in [3.8, 4) is 5.75 Å². The minimum atomic E-state index is -4.23. The maximum Gasteiger partial charge on any atom is 0.530 e. The zero-order chi connectivity index (χ0) is 36.2. The first-order valence-corrected chi connectivity index (χ1v) is 16.8. The molecule has 8 unspecified atom stereocenters. The molecule has 8 atom stereocenters. The van der Waals surface area contributed by atoms with Crippen molar-refractivity contribution < 1.29 is 52.3 Å². The first-order valence-electron chi connectivity index (χ1n) is 15.4. The topological polar surface area (TPSA) is 282 Å². The molecule has 50 heavy (non-hydrogen) atoms. The number of nitrogens with two attached hydrogens (primary N) is 2. The second-order valence-electron chi connectivity index (χ2n) is 11.6. The molecule has 1 fully saturated rings. The Morgan fingerprint density at radius 3 is 2.48 bits per heavy atom. The van der Waals surface area contributed by atoms with Gasteiger partial charge in [-0.05, 0) is 37.6 Å². The largest absolute Gasteiger partial charge is 0.530 e. The van der Waals surface area contributed by atoms with Crippen molar-refractivity contribution in [1.82, 2.24) is 25.4 Å². The van der Waals surface area contributed by atoms with E-state index in [1.54, 1.807) is 24.3 Å². The number of ether oxygens (including phenoxy) is 1. The highest BCUT2D eigenvalue weighted by molar-refractivity contribution is 7.49. The van der Waals surface area contributed by atoms with E-state index in [2.05, 4.69) is 26.0 Å². The Balaban J connectivity index is 1.20. The van der Waals surface area contributed by atoms with Gasteiger partial charge in [0.05, 0.1) is 19.3 Å². The fraction of sp³-hybridized carbons (Fsp3) is 0.400. The van der Waals surface area contributed by atoms with Gasteiger partial charge in [-0.25, -0.2) is 14.2 Å². The Morgan fingerprint density at radius 2 is 1.80 bits per heavy atom. The van der Waals surface area contributed by atoms with Crippen molar-refractivity contribution in [2.24, 2.45) is 11.5 Å². The van der Waals surface area contributed by atoms with E-state index in [9.17, 15) is 34.0 Å². The normalized spacial score (nSPS) is 24.6. The number of rotatable bonds is 13. The number of benzene rings is 2. The zero-order valence-electron chi connectivity index (χ0n) is 26.9. The second kappa shape index (κ2) is 15.4. The Bertz CT molecular complexity index is 1770. The molecule has 5 rings (SSSR count). The van der Waals surface area contributed by atoms with Gasteiger partial charge in [0.25, 0.3) is 5.91 Å². The highest BCUT2D eigenvalue weighted by atomic mass is 31.2. The van der Waals surface area contributed by atoms with Crippen LogP contribution in [0.15, 0.2) is 54.9 Å². The second-order valence-corrected chi connectivity index (χ2v) is 13.2. The molecular weight excluding hydrogens is 679 g/mol. The number of amides is 4. The summed E-state index contributed by atoms with van der Waals surface area (Å²) in [5.41, 5.74) is 12.2. The van der Waals surface area contributed by atoms with Crippen molar-refractivity contribution in [3.05, 3.63) is 71.8 Å². The van der Waals surface area contributed by atoms with Gasteiger partial charge in [-0.3, -0.25) is 28.2 Å². The van der Waals surface area contributed by atoms with Crippen LogP contribution in [0.5, 0.6) is 5.75 Å². The van der Waals surface area contributed by atoms with E-state index in [-0.39, 0.29) is 24.6 Å². The number of aliphatic hydroxyl groups excluding tert-OH is 2. The molecule has 4 amide bonds. The van der Waals surface area contributed by atoms with E-state index in [1.807, 2.05) is 6.07 Å². The molecule has 0 bridgehead atoms. The first kappa shape index (κ1) is 36.5. The van der Waals surface area contributed by atoms with Gasteiger partial charge in [-0.1, -0.05) is 30.3 Å². The summed E-state index contributed by atoms with van der Waals surface area (Å²) in [6, 6.07) is 10.7. The predicted octanol–water partition coefficient (Wildman–Crippen LogP) is -0.752. The Morgan fingerprint density at radius 1 is 1.06 bits per heavy atom. The van der Waals surface area contributed by atoms with Crippen LogP contribution in [0, 0.1) is 0 Å². The fourth-order valence-corrected chi connectivity index (χ4v) is 6.20. The van der Waals surface area contributed by atoms with E-state index >= 15 is 0 Å². The van der Waals surface area contributed by atoms with E-state index in [1.165, 1.54) is 32.0 Å².